The number of halogens is 3. The van der Waals surface area contributed by atoms with Crippen molar-refractivity contribution < 1.29 is 22.7 Å². The first-order valence-electron chi connectivity index (χ1n) is 8.75. The number of hydrogen-bond acceptors (Lipinski definition) is 4. The molecule has 0 saturated carbocycles. The smallest absolute Gasteiger partial charge is 0.406 e. The van der Waals surface area contributed by atoms with E-state index in [1.165, 1.54) is 18.2 Å². The summed E-state index contributed by atoms with van der Waals surface area (Å²) in [6.45, 7) is 1.84. The van der Waals surface area contributed by atoms with Crippen LogP contribution in [-0.2, 0) is 17.6 Å². The fraction of sp³-hybridized carbons (Fsp3) is 0.350. The molecule has 0 atom stereocenters. The highest BCUT2D eigenvalue weighted by Crippen LogP contribution is 2.23. The predicted octanol–water partition coefficient (Wildman–Crippen LogP) is 4.71. The van der Waals surface area contributed by atoms with E-state index in [1.54, 1.807) is 12.1 Å². The molecule has 0 saturated heterocycles. The Hall–Kier alpha value is -3.08. The second-order valence-corrected chi connectivity index (χ2v) is 6.23. The molecule has 0 unspecified atom stereocenters. The van der Waals surface area contributed by atoms with Crippen molar-refractivity contribution in [3.63, 3.8) is 0 Å². The Balaban J connectivity index is 1.93. The second kappa shape index (κ2) is 9.74. The van der Waals surface area contributed by atoms with E-state index in [0.29, 0.717) is 17.8 Å². The molecule has 8 heteroatoms. The maximum Gasteiger partial charge on any atom is 0.573 e. The Morgan fingerprint density at radius 3 is 2.71 bits per heavy atom. The van der Waals surface area contributed by atoms with Gasteiger partial charge in [0, 0.05) is 12.1 Å². The highest BCUT2D eigenvalue weighted by Gasteiger charge is 2.31. The van der Waals surface area contributed by atoms with E-state index >= 15 is 0 Å². The fourth-order valence-corrected chi connectivity index (χ4v) is 2.67. The molecule has 1 amide bonds. The summed E-state index contributed by atoms with van der Waals surface area (Å²) in [5, 5.41) is 11.2. The molecule has 1 N–H and O–H groups in total. The minimum atomic E-state index is -4.78. The molecule has 2 aromatic rings. The van der Waals surface area contributed by atoms with Crippen LogP contribution in [0, 0.1) is 18.3 Å². The van der Waals surface area contributed by atoms with Crippen molar-refractivity contribution in [3.05, 3.63) is 53.2 Å². The van der Waals surface area contributed by atoms with Gasteiger partial charge in [-0.3, -0.25) is 4.79 Å². The SMILES string of the molecule is Cc1nc(NC(=O)Cc2cccc(OC(F)(F)F)c2)ccc1CCCCC#N. The normalized spacial score (nSPS) is 11.0. The molecule has 148 valence electrons. The van der Waals surface area contributed by atoms with Gasteiger partial charge in [0.2, 0.25) is 5.91 Å². The Kier molecular flexibility index (Phi) is 7.38. The first-order valence-corrected chi connectivity index (χ1v) is 8.75. The van der Waals surface area contributed by atoms with Gasteiger partial charge in [-0.25, -0.2) is 4.98 Å². The standard InChI is InChI=1S/C20H20F3N3O2/c1-14-16(7-3-2-4-11-24)9-10-18(25-14)26-19(27)13-15-6-5-8-17(12-15)28-20(21,22)23/h5-6,8-10,12H,2-4,7,13H2,1H3,(H,25,26,27). The van der Waals surface area contributed by atoms with E-state index in [-0.39, 0.29) is 12.2 Å². The minimum absolute atomic E-state index is 0.105. The van der Waals surface area contributed by atoms with Crippen LogP contribution < -0.4 is 10.1 Å². The molecule has 0 aliphatic carbocycles. The zero-order valence-corrected chi connectivity index (χ0v) is 15.3. The molecule has 28 heavy (non-hydrogen) atoms. The van der Waals surface area contributed by atoms with Crippen LogP contribution in [-0.4, -0.2) is 17.3 Å². The summed E-state index contributed by atoms with van der Waals surface area (Å²) in [7, 11) is 0. The monoisotopic (exact) mass is 391 g/mol. The van der Waals surface area contributed by atoms with E-state index in [1.807, 2.05) is 13.0 Å². The third kappa shape index (κ3) is 7.27. The van der Waals surface area contributed by atoms with Crippen LogP contribution in [0.15, 0.2) is 36.4 Å². The molecule has 1 heterocycles. The number of unbranched alkanes of at least 4 members (excludes halogenated alkanes) is 2. The highest BCUT2D eigenvalue weighted by molar-refractivity contribution is 5.91. The zero-order valence-electron chi connectivity index (χ0n) is 15.3. The Morgan fingerprint density at radius 2 is 2.04 bits per heavy atom. The van der Waals surface area contributed by atoms with E-state index < -0.39 is 12.3 Å². The molecule has 5 nitrogen and oxygen atoms in total. The first kappa shape index (κ1) is 21.2. The fourth-order valence-electron chi connectivity index (χ4n) is 2.67. The average Bonchev–Trinajstić information content (AvgIpc) is 2.59. The minimum Gasteiger partial charge on any atom is -0.406 e. The lowest BCUT2D eigenvalue weighted by atomic mass is 10.1. The quantitative estimate of drug-likeness (QED) is 0.662. The molecular formula is C20H20F3N3O2. The van der Waals surface area contributed by atoms with Crippen molar-refractivity contribution in [3.8, 4) is 11.8 Å². The number of pyridine rings is 1. The summed E-state index contributed by atoms with van der Waals surface area (Å²) in [4.78, 5) is 16.5. The lowest BCUT2D eigenvalue weighted by Crippen LogP contribution is -2.18. The number of carbonyl (C=O) groups excluding carboxylic acids is 1. The molecule has 0 aliphatic heterocycles. The molecule has 1 aromatic heterocycles. The second-order valence-electron chi connectivity index (χ2n) is 6.23. The first-order chi connectivity index (χ1) is 13.3. The molecule has 0 fully saturated rings. The molecule has 0 bridgehead atoms. The number of carbonyl (C=O) groups is 1. The van der Waals surface area contributed by atoms with Gasteiger partial charge in [-0.1, -0.05) is 18.2 Å². The van der Waals surface area contributed by atoms with Gasteiger partial charge in [-0.15, -0.1) is 13.2 Å². The highest BCUT2D eigenvalue weighted by atomic mass is 19.4. The summed E-state index contributed by atoms with van der Waals surface area (Å²) in [6, 6.07) is 11.0. The van der Waals surface area contributed by atoms with Crippen LogP contribution >= 0.6 is 0 Å². The number of hydrogen-bond donors (Lipinski definition) is 1. The average molecular weight is 391 g/mol. The Bertz CT molecular complexity index is 861. The number of aryl methyl sites for hydroxylation is 2. The van der Waals surface area contributed by atoms with Crippen LogP contribution in [0.1, 0.15) is 36.1 Å². The molecule has 0 aliphatic rings. The van der Waals surface area contributed by atoms with E-state index in [0.717, 1.165) is 30.5 Å². The number of aromatic nitrogens is 1. The van der Waals surface area contributed by atoms with Crippen molar-refractivity contribution in [2.75, 3.05) is 5.32 Å². The van der Waals surface area contributed by atoms with Gasteiger partial charge in [0.25, 0.3) is 0 Å². The van der Waals surface area contributed by atoms with Crippen LogP contribution in [0.4, 0.5) is 19.0 Å². The van der Waals surface area contributed by atoms with E-state index in [4.69, 9.17) is 5.26 Å². The molecule has 0 spiro atoms. The number of alkyl halides is 3. The number of nitriles is 1. The maximum absolute atomic E-state index is 12.3. The van der Waals surface area contributed by atoms with Crippen molar-refractivity contribution in [2.45, 2.75) is 45.4 Å². The van der Waals surface area contributed by atoms with E-state index in [9.17, 15) is 18.0 Å². The van der Waals surface area contributed by atoms with Crippen molar-refractivity contribution in [2.24, 2.45) is 0 Å². The maximum atomic E-state index is 12.3. The largest absolute Gasteiger partial charge is 0.573 e. The number of rotatable bonds is 8. The molecule has 0 radical (unpaired) electrons. The van der Waals surface area contributed by atoms with Crippen molar-refractivity contribution >= 4 is 11.7 Å². The number of amides is 1. The number of benzene rings is 1. The van der Waals surface area contributed by atoms with Gasteiger partial charge in [-0.05, 0) is 55.5 Å². The summed E-state index contributed by atoms with van der Waals surface area (Å²) < 4.78 is 40.7. The summed E-state index contributed by atoms with van der Waals surface area (Å²) >= 11 is 0. The van der Waals surface area contributed by atoms with Gasteiger partial charge in [0.1, 0.15) is 11.6 Å². The van der Waals surface area contributed by atoms with Crippen LogP contribution in [0.3, 0.4) is 0 Å². The van der Waals surface area contributed by atoms with Crippen LogP contribution in [0.25, 0.3) is 0 Å². The third-order valence-corrected chi connectivity index (χ3v) is 3.94. The van der Waals surface area contributed by atoms with Gasteiger partial charge in [-0.2, -0.15) is 5.26 Å². The van der Waals surface area contributed by atoms with Crippen LogP contribution in [0.2, 0.25) is 0 Å². The predicted molar refractivity (Wildman–Crippen MR) is 97.6 cm³/mol. The van der Waals surface area contributed by atoms with Gasteiger partial charge in [0.05, 0.1) is 12.5 Å². The lowest BCUT2D eigenvalue weighted by molar-refractivity contribution is -0.274. The third-order valence-electron chi connectivity index (χ3n) is 3.94. The number of anilines is 1. The number of nitrogens with zero attached hydrogens (tertiary/aromatic N) is 2. The summed E-state index contributed by atoms with van der Waals surface area (Å²) in [5.41, 5.74) is 2.23. The Labute approximate surface area is 161 Å². The van der Waals surface area contributed by atoms with Gasteiger partial charge >= 0.3 is 6.36 Å². The summed E-state index contributed by atoms with van der Waals surface area (Å²) in [5.74, 6) is -0.378. The number of nitrogens with one attached hydrogen (secondary N) is 1. The molecule has 1 aromatic carbocycles. The van der Waals surface area contributed by atoms with E-state index in [2.05, 4.69) is 21.1 Å². The molecular weight excluding hydrogens is 371 g/mol. The number of ether oxygens (including phenoxy) is 1. The van der Waals surface area contributed by atoms with Crippen LogP contribution in [0.5, 0.6) is 5.75 Å². The zero-order chi connectivity index (χ0) is 20.6. The molecule has 2 rings (SSSR count). The lowest BCUT2D eigenvalue weighted by Gasteiger charge is -2.11. The Morgan fingerprint density at radius 1 is 1.25 bits per heavy atom. The topological polar surface area (TPSA) is 75.0 Å². The van der Waals surface area contributed by atoms with Gasteiger partial charge < -0.3 is 10.1 Å². The summed E-state index contributed by atoms with van der Waals surface area (Å²) in [6.07, 6.45) is -1.84. The van der Waals surface area contributed by atoms with Gasteiger partial charge in [0.15, 0.2) is 0 Å². The van der Waals surface area contributed by atoms with Crippen molar-refractivity contribution in [1.82, 2.24) is 4.98 Å². The van der Waals surface area contributed by atoms with Crippen molar-refractivity contribution in [1.29, 1.82) is 5.26 Å².